The maximum Gasteiger partial charge on any atom is 0.222 e. The molecule has 2 heterocycles. The lowest BCUT2D eigenvalue weighted by Crippen LogP contribution is -2.16. The fraction of sp³-hybridized carbons (Fsp3) is 0.250. The van der Waals surface area contributed by atoms with E-state index in [-0.39, 0.29) is 11.3 Å². The van der Waals surface area contributed by atoms with Gasteiger partial charge in [-0.2, -0.15) is 0 Å². The van der Waals surface area contributed by atoms with Crippen molar-refractivity contribution < 1.29 is 4.79 Å². The summed E-state index contributed by atoms with van der Waals surface area (Å²) in [7, 11) is 0. The van der Waals surface area contributed by atoms with E-state index in [1.807, 2.05) is 41.0 Å². The van der Waals surface area contributed by atoms with Crippen LogP contribution < -0.4 is 10.7 Å². The molecule has 0 unspecified atom stereocenters. The Morgan fingerprint density at radius 1 is 1.20 bits per heavy atom. The zero-order chi connectivity index (χ0) is 18.0. The SMILES string of the molecule is CC(=O)Nc1nc(-c2ccccc2)cc2c1c(=O)ccn2CC(C)C. The number of carbonyl (C=O) groups excluding carboxylic acids is 1. The summed E-state index contributed by atoms with van der Waals surface area (Å²) in [5.74, 6) is 0.480. The van der Waals surface area contributed by atoms with Gasteiger partial charge in [-0.1, -0.05) is 44.2 Å². The van der Waals surface area contributed by atoms with Crippen molar-refractivity contribution in [3.8, 4) is 11.3 Å². The number of fused-ring (bicyclic) bond motifs is 1. The van der Waals surface area contributed by atoms with Crippen LogP contribution in [0.4, 0.5) is 5.82 Å². The summed E-state index contributed by atoms with van der Waals surface area (Å²) < 4.78 is 2.04. The molecular formula is C20H21N3O2. The maximum absolute atomic E-state index is 12.5. The highest BCUT2D eigenvalue weighted by Crippen LogP contribution is 2.26. The highest BCUT2D eigenvalue weighted by molar-refractivity contribution is 5.99. The summed E-state index contributed by atoms with van der Waals surface area (Å²) >= 11 is 0. The van der Waals surface area contributed by atoms with Crippen molar-refractivity contribution in [1.29, 1.82) is 0 Å². The quantitative estimate of drug-likeness (QED) is 0.791. The number of rotatable bonds is 4. The number of pyridine rings is 2. The van der Waals surface area contributed by atoms with Gasteiger partial charge in [0, 0.05) is 31.3 Å². The number of carbonyl (C=O) groups is 1. The first-order valence-corrected chi connectivity index (χ1v) is 8.33. The minimum absolute atomic E-state index is 0.147. The van der Waals surface area contributed by atoms with Crippen LogP contribution in [-0.4, -0.2) is 15.5 Å². The van der Waals surface area contributed by atoms with Gasteiger partial charge in [0.15, 0.2) is 5.43 Å². The third-order valence-corrected chi connectivity index (χ3v) is 3.89. The van der Waals surface area contributed by atoms with Gasteiger partial charge in [0.05, 0.1) is 16.6 Å². The van der Waals surface area contributed by atoms with Crippen LogP contribution in [0.2, 0.25) is 0 Å². The number of amides is 1. The molecule has 1 amide bonds. The molecule has 2 aromatic heterocycles. The zero-order valence-electron chi connectivity index (χ0n) is 14.6. The Bertz CT molecular complexity index is 975. The molecule has 0 aliphatic rings. The zero-order valence-corrected chi connectivity index (χ0v) is 14.6. The van der Waals surface area contributed by atoms with Crippen molar-refractivity contribution in [3.05, 3.63) is 58.9 Å². The molecule has 0 radical (unpaired) electrons. The van der Waals surface area contributed by atoms with E-state index in [9.17, 15) is 9.59 Å². The van der Waals surface area contributed by atoms with E-state index < -0.39 is 0 Å². The lowest BCUT2D eigenvalue weighted by atomic mass is 10.1. The van der Waals surface area contributed by atoms with E-state index in [4.69, 9.17) is 0 Å². The first kappa shape index (κ1) is 16.9. The smallest absolute Gasteiger partial charge is 0.222 e. The van der Waals surface area contributed by atoms with Gasteiger partial charge < -0.3 is 9.88 Å². The molecule has 0 bridgehead atoms. The van der Waals surface area contributed by atoms with Gasteiger partial charge in [-0.15, -0.1) is 0 Å². The average Bonchev–Trinajstić information content (AvgIpc) is 2.57. The van der Waals surface area contributed by atoms with Crippen molar-refractivity contribution in [2.75, 3.05) is 5.32 Å². The number of anilines is 1. The minimum Gasteiger partial charge on any atom is -0.347 e. The second-order valence-corrected chi connectivity index (χ2v) is 6.52. The van der Waals surface area contributed by atoms with Crippen LogP contribution >= 0.6 is 0 Å². The summed E-state index contributed by atoms with van der Waals surface area (Å²) in [5.41, 5.74) is 2.29. The predicted octanol–water partition coefficient (Wildman–Crippen LogP) is 3.68. The molecule has 5 nitrogen and oxygen atoms in total. The van der Waals surface area contributed by atoms with Gasteiger partial charge in [-0.05, 0) is 12.0 Å². The molecule has 1 N–H and O–H groups in total. The Morgan fingerprint density at radius 2 is 1.92 bits per heavy atom. The summed E-state index contributed by atoms with van der Waals surface area (Å²) in [4.78, 5) is 28.6. The summed E-state index contributed by atoms with van der Waals surface area (Å²) in [6.45, 7) is 6.43. The molecule has 0 atom stereocenters. The average molecular weight is 335 g/mol. The predicted molar refractivity (Wildman–Crippen MR) is 101 cm³/mol. The second kappa shape index (κ2) is 6.89. The van der Waals surface area contributed by atoms with Crippen molar-refractivity contribution in [3.63, 3.8) is 0 Å². The van der Waals surface area contributed by atoms with Gasteiger partial charge in [-0.25, -0.2) is 4.98 Å². The van der Waals surface area contributed by atoms with E-state index in [0.717, 1.165) is 23.3 Å². The molecule has 128 valence electrons. The second-order valence-electron chi connectivity index (χ2n) is 6.52. The van der Waals surface area contributed by atoms with Crippen LogP contribution in [0.15, 0.2) is 53.5 Å². The molecule has 0 saturated carbocycles. The van der Waals surface area contributed by atoms with Crippen LogP contribution in [0.1, 0.15) is 20.8 Å². The fourth-order valence-electron chi connectivity index (χ4n) is 2.89. The standard InChI is InChI=1S/C20H21N3O2/c1-13(2)12-23-10-9-18(25)19-17(23)11-16(15-7-5-4-6-8-15)22-20(19)21-14(3)24/h4-11,13H,12H2,1-3H3,(H,21,22,24). The van der Waals surface area contributed by atoms with Gasteiger partial charge >= 0.3 is 0 Å². The summed E-state index contributed by atoms with van der Waals surface area (Å²) in [6.07, 6.45) is 1.80. The Labute approximate surface area is 146 Å². The summed E-state index contributed by atoms with van der Waals surface area (Å²) in [5, 5.41) is 3.16. The maximum atomic E-state index is 12.5. The number of nitrogens with one attached hydrogen (secondary N) is 1. The Hall–Kier alpha value is -2.95. The van der Waals surface area contributed by atoms with Gasteiger partial charge in [0.25, 0.3) is 0 Å². The highest BCUT2D eigenvalue weighted by atomic mass is 16.1. The molecule has 0 aliphatic carbocycles. The lowest BCUT2D eigenvalue weighted by Gasteiger charge is -2.16. The first-order chi connectivity index (χ1) is 12.0. The van der Waals surface area contributed by atoms with E-state index in [1.165, 1.54) is 13.0 Å². The van der Waals surface area contributed by atoms with Crippen LogP contribution in [0.25, 0.3) is 22.2 Å². The molecule has 0 aliphatic heterocycles. The van der Waals surface area contributed by atoms with Crippen molar-refractivity contribution in [1.82, 2.24) is 9.55 Å². The Morgan fingerprint density at radius 3 is 2.56 bits per heavy atom. The van der Waals surface area contributed by atoms with Crippen molar-refractivity contribution >= 4 is 22.6 Å². The molecule has 3 aromatic rings. The molecule has 1 aromatic carbocycles. The van der Waals surface area contributed by atoms with Crippen molar-refractivity contribution in [2.45, 2.75) is 27.3 Å². The van der Waals surface area contributed by atoms with Gasteiger partial charge in [0.1, 0.15) is 5.82 Å². The number of aromatic nitrogens is 2. The molecule has 3 rings (SSSR count). The van der Waals surface area contributed by atoms with E-state index in [0.29, 0.717) is 17.1 Å². The first-order valence-electron chi connectivity index (χ1n) is 8.33. The molecule has 5 heteroatoms. The monoisotopic (exact) mass is 335 g/mol. The minimum atomic E-state index is -0.252. The third kappa shape index (κ3) is 3.60. The molecule has 25 heavy (non-hydrogen) atoms. The largest absolute Gasteiger partial charge is 0.347 e. The number of hydrogen-bond acceptors (Lipinski definition) is 3. The van der Waals surface area contributed by atoms with E-state index >= 15 is 0 Å². The van der Waals surface area contributed by atoms with Gasteiger partial charge in [0.2, 0.25) is 5.91 Å². The Kier molecular flexibility index (Phi) is 4.65. The molecule has 0 saturated heterocycles. The fourth-order valence-corrected chi connectivity index (χ4v) is 2.89. The lowest BCUT2D eigenvalue weighted by molar-refractivity contribution is -0.114. The molecule has 0 spiro atoms. The number of hydrogen-bond donors (Lipinski definition) is 1. The summed E-state index contributed by atoms with van der Waals surface area (Å²) in [6, 6.07) is 13.2. The highest BCUT2D eigenvalue weighted by Gasteiger charge is 2.14. The Balaban J connectivity index is 2.33. The molecule has 0 fully saturated rings. The molecular weight excluding hydrogens is 314 g/mol. The normalized spacial score (nSPS) is 11.0. The van der Waals surface area contributed by atoms with Crippen molar-refractivity contribution in [2.24, 2.45) is 5.92 Å². The van der Waals surface area contributed by atoms with Crippen LogP contribution in [0, 0.1) is 5.92 Å². The van der Waals surface area contributed by atoms with E-state index in [1.54, 1.807) is 6.20 Å². The van der Waals surface area contributed by atoms with Gasteiger partial charge in [-0.3, -0.25) is 9.59 Å². The third-order valence-electron chi connectivity index (χ3n) is 3.89. The topological polar surface area (TPSA) is 64.0 Å². The van der Waals surface area contributed by atoms with Crippen LogP contribution in [0.3, 0.4) is 0 Å². The van der Waals surface area contributed by atoms with Crippen LogP contribution in [-0.2, 0) is 11.3 Å². The van der Waals surface area contributed by atoms with E-state index in [2.05, 4.69) is 24.1 Å². The van der Waals surface area contributed by atoms with Crippen LogP contribution in [0.5, 0.6) is 0 Å². The number of nitrogens with zero attached hydrogens (tertiary/aromatic N) is 2. The number of benzene rings is 1.